The fourth-order valence-electron chi connectivity index (χ4n) is 5.12. The van der Waals surface area contributed by atoms with Crippen molar-refractivity contribution in [3.63, 3.8) is 0 Å². The van der Waals surface area contributed by atoms with Gasteiger partial charge in [-0.15, -0.1) is 22.1 Å². The van der Waals surface area contributed by atoms with Gasteiger partial charge in [0.2, 0.25) is 0 Å². The van der Waals surface area contributed by atoms with Gasteiger partial charge in [-0.1, -0.05) is 18.2 Å². The van der Waals surface area contributed by atoms with Crippen molar-refractivity contribution in [2.24, 2.45) is 16.0 Å². The van der Waals surface area contributed by atoms with E-state index in [9.17, 15) is 13.9 Å². The van der Waals surface area contributed by atoms with Gasteiger partial charge in [-0.3, -0.25) is 18.9 Å². The van der Waals surface area contributed by atoms with Crippen LogP contribution in [-0.4, -0.2) is 31.1 Å². The third kappa shape index (κ3) is 4.90. The van der Waals surface area contributed by atoms with E-state index in [0.29, 0.717) is 17.7 Å². The predicted molar refractivity (Wildman–Crippen MR) is 149 cm³/mol. The van der Waals surface area contributed by atoms with Crippen LogP contribution in [0, 0.1) is 5.92 Å². The topological polar surface area (TPSA) is 134 Å². The molecule has 190 valence electrons. The zero-order valence-corrected chi connectivity index (χ0v) is 21.7. The minimum Gasteiger partial charge on any atom is -0.340 e. The molecule has 0 bridgehead atoms. The Morgan fingerprint density at radius 2 is 2.00 bits per heavy atom. The van der Waals surface area contributed by atoms with Crippen LogP contribution in [0.3, 0.4) is 0 Å². The molecule has 2 aromatic heterocycles. The third-order valence-electron chi connectivity index (χ3n) is 7.13. The molecule has 0 fully saturated rings. The van der Waals surface area contributed by atoms with Crippen LogP contribution < -0.4 is 10.5 Å². The second-order valence-corrected chi connectivity index (χ2v) is 12.3. The van der Waals surface area contributed by atoms with Crippen molar-refractivity contribution in [2.45, 2.75) is 43.5 Å². The number of anilines is 2. The lowest BCUT2D eigenvalue weighted by atomic mass is 9.83. The van der Waals surface area contributed by atoms with Crippen LogP contribution in [0.5, 0.6) is 0 Å². The largest absolute Gasteiger partial charge is 0.340 e. The maximum absolute atomic E-state index is 13.1. The summed E-state index contributed by atoms with van der Waals surface area (Å²) >= 11 is 1.66. The number of aryl methyl sites for hydroxylation is 2. The van der Waals surface area contributed by atoms with Crippen LogP contribution in [0.2, 0.25) is 0 Å². The van der Waals surface area contributed by atoms with E-state index < -0.39 is 10.8 Å². The number of thiophene rings is 1. The van der Waals surface area contributed by atoms with Crippen LogP contribution in [0.1, 0.15) is 40.0 Å². The highest BCUT2D eigenvalue weighted by molar-refractivity contribution is 8.22. The molecule has 1 aliphatic heterocycles. The van der Waals surface area contributed by atoms with Crippen molar-refractivity contribution in [2.75, 3.05) is 5.32 Å². The zero-order chi connectivity index (χ0) is 25.6. The van der Waals surface area contributed by atoms with Gasteiger partial charge >= 0.3 is 0 Å². The summed E-state index contributed by atoms with van der Waals surface area (Å²) in [5.74, 6) is 1.07. The molecule has 0 radical (unpaired) electrons. The minimum absolute atomic E-state index is 0.00350. The number of nitrogens with zero attached hydrogens (tertiary/aromatic N) is 3. The molecule has 1 aliphatic carbocycles. The summed E-state index contributed by atoms with van der Waals surface area (Å²) < 4.78 is 19.1. The standard InChI is InChI=1S/C27H27N5O3S2/c28-37(34,35)21-7-1-16(2-8-21)3-10-23(33)17-5-9-22-24(12-17)36-27-25(22)26(30-15-31-27)32-20-6-4-18-13-29-14-19(18)11-20/h1-2,4,6-8,11,14-15,17,34-35H,3,5,9-10,12-13,28H2,(H,30,31,32). The van der Waals surface area contributed by atoms with E-state index >= 15 is 0 Å². The number of rotatable bonds is 7. The van der Waals surface area contributed by atoms with Gasteiger partial charge in [0.1, 0.15) is 22.8 Å². The first-order chi connectivity index (χ1) is 17.8. The summed E-state index contributed by atoms with van der Waals surface area (Å²) in [6.07, 6.45) is 6.95. The quantitative estimate of drug-likeness (QED) is 0.241. The summed E-state index contributed by atoms with van der Waals surface area (Å²) in [6.45, 7) is 0.737. The van der Waals surface area contributed by atoms with Gasteiger partial charge in [-0.2, -0.15) is 0 Å². The summed E-state index contributed by atoms with van der Waals surface area (Å²) in [4.78, 5) is 29.0. The number of Topliss-reactive ketones (excluding diaryl/α,β-unsaturated/α-hetero) is 1. The lowest BCUT2D eigenvalue weighted by Crippen LogP contribution is -2.22. The second-order valence-electron chi connectivity index (χ2n) is 9.56. The van der Waals surface area contributed by atoms with Gasteiger partial charge < -0.3 is 5.32 Å². The Morgan fingerprint density at radius 1 is 1.16 bits per heavy atom. The molecule has 1 atom stereocenters. The molecule has 0 saturated heterocycles. The van der Waals surface area contributed by atoms with E-state index in [1.54, 1.807) is 41.9 Å². The molecule has 6 rings (SSSR count). The molecule has 0 amide bonds. The monoisotopic (exact) mass is 533 g/mol. The Morgan fingerprint density at radius 3 is 2.81 bits per heavy atom. The van der Waals surface area contributed by atoms with E-state index in [1.165, 1.54) is 16.0 Å². The van der Waals surface area contributed by atoms with E-state index in [0.717, 1.165) is 58.7 Å². The molecule has 8 nitrogen and oxygen atoms in total. The maximum Gasteiger partial charge on any atom is 0.142 e. The Kier molecular flexibility index (Phi) is 6.29. The predicted octanol–water partition coefficient (Wildman–Crippen LogP) is 5.66. The van der Waals surface area contributed by atoms with Gasteiger partial charge in [-0.05, 0) is 72.2 Å². The van der Waals surface area contributed by atoms with Crippen LogP contribution in [0.4, 0.5) is 11.5 Å². The number of carbonyl (C=O) groups is 1. The molecule has 0 saturated carbocycles. The van der Waals surface area contributed by atoms with Crippen LogP contribution in [0.15, 0.2) is 58.7 Å². The Hall–Kier alpha value is -3.15. The van der Waals surface area contributed by atoms with Gasteiger partial charge in [0, 0.05) is 29.1 Å². The van der Waals surface area contributed by atoms with E-state index in [1.807, 2.05) is 6.21 Å². The van der Waals surface area contributed by atoms with Crippen molar-refractivity contribution in [3.05, 3.63) is 75.9 Å². The number of aromatic nitrogens is 2. The molecule has 10 heteroatoms. The van der Waals surface area contributed by atoms with Crippen molar-refractivity contribution < 1.29 is 13.9 Å². The lowest BCUT2D eigenvalue weighted by Gasteiger charge is -2.26. The number of hydrogen-bond acceptors (Lipinski definition) is 9. The number of carbonyl (C=O) groups excluding carboxylic acids is 1. The second kappa shape index (κ2) is 9.62. The number of nitrogens with one attached hydrogen (secondary N) is 1. The van der Waals surface area contributed by atoms with E-state index in [2.05, 4.69) is 38.5 Å². The molecular formula is C27H27N5O3S2. The maximum atomic E-state index is 13.1. The molecule has 0 spiro atoms. The SMILES string of the molecule is NS(O)(O)c1ccc(CCC(=O)C2CCc3c(sc4ncnc(Nc5ccc6c(c5)C=NC6)c34)C2)cc1. The number of ketones is 1. The summed E-state index contributed by atoms with van der Waals surface area (Å²) in [6, 6.07) is 13.1. The summed E-state index contributed by atoms with van der Waals surface area (Å²) in [5.41, 5.74) is 5.57. The van der Waals surface area contributed by atoms with Gasteiger partial charge in [0.05, 0.1) is 16.8 Å². The Labute approximate surface area is 220 Å². The highest BCUT2D eigenvalue weighted by Crippen LogP contribution is 2.41. The smallest absolute Gasteiger partial charge is 0.142 e. The number of hydrogen-bond donors (Lipinski definition) is 4. The Bertz CT molecular complexity index is 1530. The molecule has 4 aromatic rings. The van der Waals surface area contributed by atoms with E-state index in [4.69, 9.17) is 5.14 Å². The molecule has 2 aliphatic rings. The van der Waals surface area contributed by atoms with E-state index in [-0.39, 0.29) is 11.7 Å². The zero-order valence-electron chi connectivity index (χ0n) is 20.1. The first-order valence-electron chi connectivity index (χ1n) is 12.2. The normalized spacial score (nSPS) is 17.0. The van der Waals surface area contributed by atoms with Gasteiger partial charge in [-0.25, -0.2) is 15.1 Å². The number of aliphatic imine (C=N–C) groups is 1. The summed E-state index contributed by atoms with van der Waals surface area (Å²) in [5, 5.41) is 9.94. The molecule has 2 aromatic carbocycles. The molecule has 5 N–H and O–H groups in total. The average Bonchev–Trinajstić information content (AvgIpc) is 3.51. The number of benzene rings is 2. The molecule has 3 heterocycles. The van der Waals surface area contributed by atoms with Gasteiger partial charge in [0.15, 0.2) is 0 Å². The van der Waals surface area contributed by atoms with Crippen LogP contribution >= 0.6 is 22.1 Å². The highest BCUT2D eigenvalue weighted by Gasteiger charge is 2.29. The highest BCUT2D eigenvalue weighted by atomic mass is 32.3. The van der Waals surface area contributed by atoms with Crippen molar-refractivity contribution in [1.82, 2.24) is 9.97 Å². The van der Waals surface area contributed by atoms with Crippen LogP contribution in [0.25, 0.3) is 10.2 Å². The molecule has 37 heavy (non-hydrogen) atoms. The average molecular weight is 534 g/mol. The fourth-order valence-corrected chi connectivity index (χ4v) is 6.93. The van der Waals surface area contributed by atoms with Crippen molar-refractivity contribution >= 4 is 55.8 Å². The van der Waals surface area contributed by atoms with Crippen molar-refractivity contribution in [3.8, 4) is 0 Å². The molecular weight excluding hydrogens is 506 g/mol. The third-order valence-corrected chi connectivity index (χ3v) is 9.26. The molecule has 1 unspecified atom stereocenters. The minimum atomic E-state index is -3.22. The summed E-state index contributed by atoms with van der Waals surface area (Å²) in [7, 11) is -3.22. The Balaban J connectivity index is 1.16. The van der Waals surface area contributed by atoms with Crippen LogP contribution in [-0.2, 0) is 30.6 Å². The lowest BCUT2D eigenvalue weighted by molar-refractivity contribution is -0.123. The van der Waals surface area contributed by atoms with Crippen molar-refractivity contribution in [1.29, 1.82) is 0 Å². The first kappa shape index (κ1) is 24.2. The fraction of sp³-hybridized carbons (Fsp3) is 0.259. The first-order valence-corrected chi connectivity index (χ1v) is 14.6. The van der Waals surface area contributed by atoms with Gasteiger partial charge in [0.25, 0.3) is 0 Å². The number of fused-ring (bicyclic) bond motifs is 4. The number of nitrogens with two attached hydrogens (primary N) is 1.